The molecule has 2 amide bonds. The Morgan fingerprint density at radius 1 is 1.04 bits per heavy atom. The van der Waals surface area contributed by atoms with Crippen molar-refractivity contribution in [1.29, 1.82) is 0 Å². The second-order valence-corrected chi connectivity index (χ2v) is 7.14. The van der Waals surface area contributed by atoms with Crippen LogP contribution in [0.25, 0.3) is 0 Å². The molecule has 0 bridgehead atoms. The number of nitrogens with zero attached hydrogens (tertiary/aromatic N) is 2. The van der Waals surface area contributed by atoms with E-state index >= 15 is 0 Å². The zero-order valence-corrected chi connectivity index (χ0v) is 15.8. The minimum atomic E-state index is -0.151. The first-order chi connectivity index (χ1) is 12.3. The molecule has 0 saturated carbocycles. The molecule has 26 heavy (non-hydrogen) atoms. The largest absolute Gasteiger partial charge is 0.339 e. The van der Waals surface area contributed by atoms with Crippen LogP contribution in [-0.4, -0.2) is 22.0 Å². The highest BCUT2D eigenvalue weighted by Crippen LogP contribution is 2.19. The van der Waals surface area contributed by atoms with Crippen molar-refractivity contribution >= 4 is 23.2 Å². The molecule has 0 aliphatic carbocycles. The van der Waals surface area contributed by atoms with Gasteiger partial charge in [0.1, 0.15) is 0 Å². The van der Waals surface area contributed by atoms with Gasteiger partial charge in [-0.3, -0.25) is 9.59 Å². The highest BCUT2D eigenvalue weighted by molar-refractivity contribution is 5.92. The van der Waals surface area contributed by atoms with Crippen LogP contribution in [0, 0.1) is 0 Å². The van der Waals surface area contributed by atoms with E-state index in [1.54, 1.807) is 31.2 Å². The fourth-order valence-corrected chi connectivity index (χ4v) is 2.17. The van der Waals surface area contributed by atoms with E-state index in [1.165, 1.54) is 0 Å². The molecule has 1 heterocycles. The van der Waals surface area contributed by atoms with Gasteiger partial charge in [0.15, 0.2) is 5.82 Å². The Balaban J connectivity index is 1.76. The fraction of sp³-hybridized carbons (Fsp3) is 0.474. The van der Waals surface area contributed by atoms with E-state index in [9.17, 15) is 9.59 Å². The molecular formula is C19H26N4O3. The lowest BCUT2D eigenvalue weighted by Crippen LogP contribution is -2.13. The molecule has 140 valence electrons. The second-order valence-electron chi connectivity index (χ2n) is 7.14. The Bertz CT molecular complexity index is 745. The predicted molar refractivity (Wildman–Crippen MR) is 99.9 cm³/mol. The third-order valence-corrected chi connectivity index (χ3v) is 3.71. The van der Waals surface area contributed by atoms with Gasteiger partial charge in [-0.25, -0.2) is 0 Å². The third kappa shape index (κ3) is 5.98. The number of carbonyl (C=O) groups excluding carboxylic acids is 2. The predicted octanol–water partition coefficient (Wildman–Crippen LogP) is 3.68. The summed E-state index contributed by atoms with van der Waals surface area (Å²) in [5.41, 5.74) is 1.25. The summed E-state index contributed by atoms with van der Waals surface area (Å²) < 4.78 is 5.22. The van der Waals surface area contributed by atoms with Crippen LogP contribution in [0.5, 0.6) is 0 Å². The molecule has 0 unspecified atom stereocenters. The molecule has 1 aromatic carbocycles. The fourth-order valence-electron chi connectivity index (χ4n) is 2.17. The summed E-state index contributed by atoms with van der Waals surface area (Å²) in [7, 11) is 0. The first kappa shape index (κ1) is 19.6. The van der Waals surface area contributed by atoms with Gasteiger partial charge in [-0.05, 0) is 30.7 Å². The molecule has 7 nitrogen and oxygen atoms in total. The number of nitrogens with one attached hydrogen (secondary N) is 2. The van der Waals surface area contributed by atoms with Crippen molar-refractivity contribution in [3.05, 3.63) is 36.0 Å². The van der Waals surface area contributed by atoms with Gasteiger partial charge in [-0.15, -0.1) is 0 Å². The van der Waals surface area contributed by atoms with Gasteiger partial charge in [0.2, 0.25) is 17.7 Å². The molecule has 0 fully saturated rings. The number of carbonyl (C=O) groups is 2. The molecule has 0 saturated heterocycles. The number of benzene rings is 1. The highest BCUT2D eigenvalue weighted by atomic mass is 16.5. The van der Waals surface area contributed by atoms with Crippen molar-refractivity contribution in [3.8, 4) is 0 Å². The van der Waals surface area contributed by atoms with E-state index in [2.05, 4.69) is 20.8 Å². The van der Waals surface area contributed by atoms with Crippen LogP contribution in [0.1, 0.15) is 58.7 Å². The lowest BCUT2D eigenvalue weighted by Gasteiger charge is -2.10. The Labute approximate surface area is 153 Å². The Morgan fingerprint density at radius 3 is 2.12 bits per heavy atom. The van der Waals surface area contributed by atoms with Crippen molar-refractivity contribution < 1.29 is 14.1 Å². The van der Waals surface area contributed by atoms with E-state index in [0.717, 1.165) is 0 Å². The normalized spacial score (nSPS) is 11.2. The van der Waals surface area contributed by atoms with Crippen molar-refractivity contribution in [2.24, 2.45) is 0 Å². The standard InChI is InChI=1S/C19H26N4O3/c1-5-15(24)20-13-9-11-14(12-10-13)21-16(25)7-6-8-17-22-18(23-26-17)19(2,3)4/h9-12H,5-8H2,1-4H3,(H,20,24)(H,21,25). The Kier molecular flexibility index (Phi) is 6.49. The first-order valence-electron chi connectivity index (χ1n) is 8.80. The first-order valence-corrected chi connectivity index (χ1v) is 8.80. The van der Waals surface area contributed by atoms with Gasteiger partial charge in [0, 0.05) is 36.1 Å². The number of anilines is 2. The average Bonchev–Trinajstić information content (AvgIpc) is 3.06. The molecule has 0 aliphatic rings. The summed E-state index contributed by atoms with van der Waals surface area (Å²) in [4.78, 5) is 27.7. The maximum absolute atomic E-state index is 12.0. The van der Waals surface area contributed by atoms with Crippen molar-refractivity contribution in [3.63, 3.8) is 0 Å². The van der Waals surface area contributed by atoms with Gasteiger partial charge >= 0.3 is 0 Å². The Hall–Kier alpha value is -2.70. The van der Waals surface area contributed by atoms with E-state index in [1.807, 2.05) is 20.8 Å². The molecule has 0 spiro atoms. The maximum atomic E-state index is 12.0. The number of aryl methyl sites for hydroxylation is 1. The number of hydrogen-bond acceptors (Lipinski definition) is 5. The van der Waals surface area contributed by atoms with Crippen LogP contribution in [0.15, 0.2) is 28.8 Å². The molecule has 2 rings (SSSR count). The zero-order valence-electron chi connectivity index (χ0n) is 15.8. The van der Waals surface area contributed by atoms with Gasteiger partial charge in [-0.2, -0.15) is 4.98 Å². The highest BCUT2D eigenvalue weighted by Gasteiger charge is 2.20. The van der Waals surface area contributed by atoms with E-state index < -0.39 is 0 Å². The molecule has 0 radical (unpaired) electrons. The summed E-state index contributed by atoms with van der Waals surface area (Å²) in [5, 5.41) is 9.57. The number of rotatable bonds is 7. The van der Waals surface area contributed by atoms with Crippen LogP contribution in [0.3, 0.4) is 0 Å². The van der Waals surface area contributed by atoms with Gasteiger partial charge < -0.3 is 15.2 Å². The zero-order chi connectivity index (χ0) is 19.2. The van der Waals surface area contributed by atoms with Gasteiger partial charge in [-0.1, -0.05) is 32.9 Å². The smallest absolute Gasteiger partial charge is 0.226 e. The van der Waals surface area contributed by atoms with E-state index in [0.29, 0.717) is 48.8 Å². The minimum absolute atomic E-state index is 0.0440. The van der Waals surface area contributed by atoms with Crippen LogP contribution in [0.2, 0.25) is 0 Å². The molecule has 2 N–H and O–H groups in total. The van der Waals surface area contributed by atoms with Crippen LogP contribution < -0.4 is 10.6 Å². The number of amides is 2. The molecule has 0 atom stereocenters. The summed E-state index contributed by atoms with van der Waals surface area (Å²) >= 11 is 0. The minimum Gasteiger partial charge on any atom is -0.339 e. The molecular weight excluding hydrogens is 332 g/mol. The average molecular weight is 358 g/mol. The van der Waals surface area contributed by atoms with Crippen LogP contribution in [-0.2, 0) is 21.4 Å². The topological polar surface area (TPSA) is 97.1 Å². The third-order valence-electron chi connectivity index (χ3n) is 3.71. The number of aromatic nitrogens is 2. The lowest BCUT2D eigenvalue weighted by atomic mass is 9.96. The number of hydrogen-bond donors (Lipinski definition) is 2. The van der Waals surface area contributed by atoms with Crippen LogP contribution >= 0.6 is 0 Å². The summed E-state index contributed by atoms with van der Waals surface area (Å²) in [5.74, 6) is 1.11. The van der Waals surface area contributed by atoms with Crippen molar-refractivity contribution in [2.45, 2.75) is 58.8 Å². The van der Waals surface area contributed by atoms with Crippen molar-refractivity contribution in [2.75, 3.05) is 10.6 Å². The van der Waals surface area contributed by atoms with Gasteiger partial charge in [0.25, 0.3) is 0 Å². The molecule has 0 aliphatic heterocycles. The lowest BCUT2D eigenvalue weighted by molar-refractivity contribution is -0.117. The van der Waals surface area contributed by atoms with Crippen LogP contribution in [0.4, 0.5) is 11.4 Å². The van der Waals surface area contributed by atoms with E-state index in [4.69, 9.17) is 4.52 Å². The molecule has 2 aromatic rings. The SMILES string of the molecule is CCC(=O)Nc1ccc(NC(=O)CCCc2nc(C(C)(C)C)no2)cc1. The van der Waals surface area contributed by atoms with Gasteiger partial charge in [0.05, 0.1) is 0 Å². The summed E-state index contributed by atoms with van der Waals surface area (Å²) in [6.07, 6.45) is 1.98. The second kappa shape index (κ2) is 8.60. The summed E-state index contributed by atoms with van der Waals surface area (Å²) in [6.45, 7) is 7.86. The Morgan fingerprint density at radius 2 is 1.62 bits per heavy atom. The van der Waals surface area contributed by atoms with E-state index in [-0.39, 0.29) is 17.2 Å². The molecule has 7 heteroatoms. The van der Waals surface area contributed by atoms with Crippen molar-refractivity contribution in [1.82, 2.24) is 10.1 Å². The summed E-state index contributed by atoms with van der Waals surface area (Å²) in [6, 6.07) is 7.04. The quantitative estimate of drug-likeness (QED) is 0.787. The maximum Gasteiger partial charge on any atom is 0.226 e. The molecule has 1 aromatic heterocycles. The monoisotopic (exact) mass is 358 g/mol.